The summed E-state index contributed by atoms with van der Waals surface area (Å²) >= 11 is 0. The van der Waals surface area contributed by atoms with Gasteiger partial charge in [0, 0.05) is 18.0 Å². The molecule has 2 N–H and O–H groups in total. The van der Waals surface area contributed by atoms with Crippen LogP contribution in [0.2, 0.25) is 0 Å². The van der Waals surface area contributed by atoms with Crippen molar-refractivity contribution in [3.05, 3.63) is 35.9 Å². The smallest absolute Gasteiger partial charge is 0.00726 e. The van der Waals surface area contributed by atoms with E-state index in [1.54, 1.807) is 0 Å². The topological polar surface area (TPSA) is 29.3 Å². The van der Waals surface area contributed by atoms with Crippen LogP contribution >= 0.6 is 0 Å². The fourth-order valence-corrected chi connectivity index (χ4v) is 3.59. The minimum atomic E-state index is 0.266. The first-order chi connectivity index (χ1) is 8.60. The Morgan fingerprint density at radius 3 is 2.56 bits per heavy atom. The van der Waals surface area contributed by atoms with Crippen molar-refractivity contribution in [2.75, 3.05) is 20.1 Å². The second-order valence-electron chi connectivity index (χ2n) is 5.95. The highest BCUT2D eigenvalue weighted by molar-refractivity contribution is 5.28. The number of piperidine rings is 1. The third-order valence-electron chi connectivity index (χ3n) is 4.86. The molecule has 1 aliphatic rings. The van der Waals surface area contributed by atoms with Crippen LogP contribution in [-0.2, 0) is 5.41 Å². The summed E-state index contributed by atoms with van der Waals surface area (Å²) in [5.74, 6) is 0.657. The van der Waals surface area contributed by atoms with Gasteiger partial charge in [0.05, 0.1) is 0 Å². The maximum absolute atomic E-state index is 5.91. The van der Waals surface area contributed by atoms with Gasteiger partial charge in [-0.2, -0.15) is 0 Å². The maximum Gasteiger partial charge on any atom is 0.00726 e. The molecule has 1 aromatic carbocycles. The van der Waals surface area contributed by atoms with Gasteiger partial charge in [-0.3, -0.25) is 0 Å². The van der Waals surface area contributed by atoms with Crippen LogP contribution in [0.1, 0.15) is 32.3 Å². The third-order valence-corrected chi connectivity index (χ3v) is 4.86. The minimum Gasteiger partial charge on any atom is -0.330 e. The average molecular weight is 246 g/mol. The molecular weight excluding hydrogens is 220 g/mol. The Hall–Kier alpha value is -0.860. The Morgan fingerprint density at radius 1 is 1.28 bits per heavy atom. The number of hydrogen-bond acceptors (Lipinski definition) is 2. The third kappa shape index (κ3) is 2.32. The van der Waals surface area contributed by atoms with E-state index in [0.29, 0.717) is 12.0 Å². The molecule has 1 heterocycles. The number of rotatable bonds is 3. The van der Waals surface area contributed by atoms with Crippen LogP contribution in [0.25, 0.3) is 0 Å². The van der Waals surface area contributed by atoms with Gasteiger partial charge in [0.15, 0.2) is 0 Å². The Labute approximate surface area is 111 Å². The molecule has 0 saturated carbocycles. The quantitative estimate of drug-likeness (QED) is 0.888. The lowest BCUT2D eigenvalue weighted by atomic mass is 9.63. The Kier molecular flexibility index (Phi) is 4.08. The largest absolute Gasteiger partial charge is 0.330 e. The second kappa shape index (κ2) is 5.41. The lowest BCUT2D eigenvalue weighted by molar-refractivity contribution is 0.0704. The van der Waals surface area contributed by atoms with Gasteiger partial charge in [0.25, 0.3) is 0 Å². The van der Waals surface area contributed by atoms with E-state index in [0.717, 1.165) is 19.5 Å². The van der Waals surface area contributed by atoms with Crippen LogP contribution in [0, 0.1) is 5.92 Å². The monoisotopic (exact) mass is 246 g/mol. The molecule has 1 aliphatic heterocycles. The van der Waals surface area contributed by atoms with Crippen molar-refractivity contribution < 1.29 is 0 Å². The van der Waals surface area contributed by atoms with Crippen molar-refractivity contribution in [2.24, 2.45) is 11.7 Å². The summed E-state index contributed by atoms with van der Waals surface area (Å²) in [5.41, 5.74) is 7.65. The molecule has 0 aromatic heterocycles. The average Bonchev–Trinajstić information content (AvgIpc) is 2.37. The highest BCUT2D eigenvalue weighted by Gasteiger charge is 2.42. The first-order valence-corrected chi connectivity index (χ1v) is 7.06. The summed E-state index contributed by atoms with van der Waals surface area (Å²) < 4.78 is 0. The van der Waals surface area contributed by atoms with Gasteiger partial charge in [-0.15, -0.1) is 0 Å². The summed E-state index contributed by atoms with van der Waals surface area (Å²) in [5, 5.41) is 0. The zero-order valence-electron chi connectivity index (χ0n) is 11.9. The van der Waals surface area contributed by atoms with Gasteiger partial charge in [-0.1, -0.05) is 37.3 Å². The number of nitrogens with two attached hydrogens (primary N) is 1. The fourth-order valence-electron chi connectivity index (χ4n) is 3.59. The van der Waals surface area contributed by atoms with Gasteiger partial charge in [-0.05, 0) is 44.8 Å². The van der Waals surface area contributed by atoms with E-state index in [1.807, 2.05) is 0 Å². The van der Waals surface area contributed by atoms with E-state index in [-0.39, 0.29) is 5.41 Å². The van der Waals surface area contributed by atoms with E-state index >= 15 is 0 Å². The van der Waals surface area contributed by atoms with Crippen LogP contribution < -0.4 is 5.73 Å². The van der Waals surface area contributed by atoms with Gasteiger partial charge in [0.1, 0.15) is 0 Å². The summed E-state index contributed by atoms with van der Waals surface area (Å²) in [6.45, 7) is 6.65. The number of likely N-dealkylation sites (tertiary alicyclic amines) is 1. The number of benzene rings is 1. The van der Waals surface area contributed by atoms with Crippen molar-refractivity contribution >= 4 is 0 Å². The molecule has 1 saturated heterocycles. The molecule has 2 heteroatoms. The van der Waals surface area contributed by atoms with E-state index in [4.69, 9.17) is 5.73 Å². The highest BCUT2D eigenvalue weighted by Crippen LogP contribution is 2.43. The summed E-state index contributed by atoms with van der Waals surface area (Å²) in [6, 6.07) is 11.6. The van der Waals surface area contributed by atoms with Crippen LogP contribution in [0.3, 0.4) is 0 Å². The Bertz CT molecular complexity index is 376. The van der Waals surface area contributed by atoms with Crippen molar-refractivity contribution in [1.29, 1.82) is 0 Å². The normalized spacial score (nSPS) is 33.6. The van der Waals surface area contributed by atoms with E-state index in [1.165, 1.54) is 12.0 Å². The van der Waals surface area contributed by atoms with Crippen LogP contribution in [0.5, 0.6) is 0 Å². The van der Waals surface area contributed by atoms with E-state index in [9.17, 15) is 0 Å². The summed E-state index contributed by atoms with van der Waals surface area (Å²) in [6.07, 6.45) is 2.31. The zero-order valence-corrected chi connectivity index (χ0v) is 11.9. The Morgan fingerprint density at radius 2 is 1.94 bits per heavy atom. The molecule has 100 valence electrons. The predicted octanol–water partition coefficient (Wildman–Crippen LogP) is 2.63. The number of nitrogens with zero attached hydrogens (tertiary/aromatic N) is 1. The summed E-state index contributed by atoms with van der Waals surface area (Å²) in [4.78, 5) is 2.47. The van der Waals surface area contributed by atoms with Gasteiger partial charge < -0.3 is 10.6 Å². The zero-order chi connectivity index (χ0) is 13.2. The lowest BCUT2D eigenvalue weighted by Crippen LogP contribution is -2.52. The van der Waals surface area contributed by atoms with Gasteiger partial charge >= 0.3 is 0 Å². The van der Waals surface area contributed by atoms with Crippen LogP contribution in [0.4, 0.5) is 0 Å². The number of hydrogen-bond donors (Lipinski definition) is 1. The highest BCUT2D eigenvalue weighted by atomic mass is 15.1. The first kappa shape index (κ1) is 13.6. The molecule has 0 spiro atoms. The van der Waals surface area contributed by atoms with Crippen molar-refractivity contribution in [3.63, 3.8) is 0 Å². The van der Waals surface area contributed by atoms with Crippen molar-refractivity contribution in [3.8, 4) is 0 Å². The molecule has 1 aromatic rings. The van der Waals surface area contributed by atoms with E-state index < -0.39 is 0 Å². The van der Waals surface area contributed by atoms with E-state index in [2.05, 4.69) is 56.1 Å². The molecule has 0 amide bonds. The molecular formula is C16H26N2. The fraction of sp³-hybridized carbons (Fsp3) is 0.625. The second-order valence-corrected chi connectivity index (χ2v) is 5.95. The first-order valence-electron chi connectivity index (χ1n) is 7.06. The van der Waals surface area contributed by atoms with Crippen molar-refractivity contribution in [2.45, 2.75) is 38.1 Å². The van der Waals surface area contributed by atoms with Crippen molar-refractivity contribution in [1.82, 2.24) is 4.90 Å². The lowest BCUT2D eigenvalue weighted by Gasteiger charge is -2.49. The van der Waals surface area contributed by atoms with Gasteiger partial charge in [-0.25, -0.2) is 0 Å². The molecule has 18 heavy (non-hydrogen) atoms. The molecule has 0 radical (unpaired) electrons. The molecule has 1 fully saturated rings. The van der Waals surface area contributed by atoms with Crippen LogP contribution in [0.15, 0.2) is 30.3 Å². The molecule has 2 rings (SSSR count). The summed E-state index contributed by atoms with van der Waals surface area (Å²) in [7, 11) is 2.23. The van der Waals surface area contributed by atoms with Gasteiger partial charge in [0.2, 0.25) is 0 Å². The maximum atomic E-state index is 5.91. The molecule has 0 bridgehead atoms. The molecule has 2 nitrogen and oxygen atoms in total. The molecule has 0 aliphatic carbocycles. The van der Waals surface area contributed by atoms with Crippen LogP contribution in [-0.4, -0.2) is 31.1 Å². The predicted molar refractivity (Wildman–Crippen MR) is 77.7 cm³/mol. The SMILES string of the molecule is C[C@@H]1C[C@@](CCN)(c2ccccc2)[C@H](C)CN1C. The minimum absolute atomic E-state index is 0.266. The Balaban J connectivity index is 2.37. The standard InChI is InChI=1S/C16H26N2/c1-13-12-18(3)14(2)11-16(13,9-10-17)15-7-5-4-6-8-15/h4-8,13-14H,9-12,17H2,1-3H3/t13-,14-,16-/m1/s1. The molecule has 3 atom stereocenters. The molecule has 0 unspecified atom stereocenters.